The zero-order valence-corrected chi connectivity index (χ0v) is 13.2. The lowest BCUT2D eigenvalue weighted by atomic mass is 10.0. The van der Waals surface area contributed by atoms with Gasteiger partial charge in [-0.15, -0.1) is 0 Å². The quantitative estimate of drug-likeness (QED) is 0.758. The highest BCUT2D eigenvalue weighted by Crippen LogP contribution is 2.28. The predicted molar refractivity (Wildman–Crippen MR) is 85.3 cm³/mol. The number of carbonyl (C=O) groups excluding carboxylic acids is 1. The summed E-state index contributed by atoms with van der Waals surface area (Å²) >= 11 is 6.13. The fourth-order valence-corrected chi connectivity index (χ4v) is 3.88. The number of hydrogen-bond donors (Lipinski definition) is 0. The molecule has 0 spiro atoms. The first-order valence-corrected chi connectivity index (χ1v) is 8.62. The van der Waals surface area contributed by atoms with E-state index in [1.54, 1.807) is 11.1 Å². The van der Waals surface area contributed by atoms with Crippen molar-refractivity contribution in [2.24, 2.45) is 0 Å². The third kappa shape index (κ3) is 2.68. The molecule has 0 atom stereocenters. The highest BCUT2D eigenvalue weighted by molar-refractivity contribution is 7.85. The Labute approximate surface area is 130 Å². The second-order valence-electron chi connectivity index (χ2n) is 5.10. The van der Waals surface area contributed by atoms with E-state index in [4.69, 9.17) is 11.6 Å². The van der Waals surface area contributed by atoms with E-state index in [-0.39, 0.29) is 5.91 Å². The molecule has 0 unspecified atom stereocenters. The number of amides is 1. The molecule has 0 aliphatic carbocycles. The molecule has 1 aromatic heterocycles. The van der Waals surface area contributed by atoms with Crippen LogP contribution in [0.15, 0.2) is 24.4 Å². The maximum atomic E-state index is 12.7. The summed E-state index contributed by atoms with van der Waals surface area (Å²) in [4.78, 5) is 18.6. The largest absolute Gasteiger partial charge is 0.337 e. The lowest BCUT2D eigenvalue weighted by molar-refractivity contribution is 0.0773. The first kappa shape index (κ1) is 14.5. The zero-order chi connectivity index (χ0) is 15.0. The Morgan fingerprint density at radius 3 is 2.76 bits per heavy atom. The van der Waals surface area contributed by atoms with E-state index in [9.17, 15) is 9.00 Å². The van der Waals surface area contributed by atoms with Gasteiger partial charge >= 0.3 is 0 Å². The van der Waals surface area contributed by atoms with Crippen LogP contribution in [0, 0.1) is 6.92 Å². The Hall–Kier alpha value is -1.46. The number of fused-ring (bicyclic) bond motifs is 1. The van der Waals surface area contributed by atoms with Crippen LogP contribution in [0.25, 0.3) is 10.8 Å². The fourth-order valence-electron chi connectivity index (χ4n) is 2.63. The van der Waals surface area contributed by atoms with Crippen LogP contribution in [-0.2, 0) is 10.8 Å². The van der Waals surface area contributed by atoms with Gasteiger partial charge in [0.2, 0.25) is 0 Å². The summed E-state index contributed by atoms with van der Waals surface area (Å²) in [5.41, 5.74) is 1.57. The van der Waals surface area contributed by atoms with Gasteiger partial charge in [0.25, 0.3) is 5.91 Å². The molecule has 0 bridgehead atoms. The number of aromatic nitrogens is 1. The Kier molecular flexibility index (Phi) is 3.95. The Morgan fingerprint density at radius 1 is 1.33 bits per heavy atom. The highest BCUT2D eigenvalue weighted by Gasteiger charge is 2.24. The maximum Gasteiger partial charge on any atom is 0.256 e. The Balaban J connectivity index is 2.06. The minimum atomic E-state index is -0.800. The summed E-state index contributed by atoms with van der Waals surface area (Å²) in [5, 5.41) is 2.06. The molecule has 1 saturated heterocycles. The molecule has 1 aliphatic rings. The van der Waals surface area contributed by atoms with Gasteiger partial charge in [0.1, 0.15) is 5.15 Å². The number of halogens is 1. The van der Waals surface area contributed by atoms with Crippen LogP contribution < -0.4 is 0 Å². The van der Waals surface area contributed by atoms with Gasteiger partial charge in [-0.1, -0.05) is 29.8 Å². The number of aryl methyl sites for hydroxylation is 1. The summed E-state index contributed by atoms with van der Waals surface area (Å²) < 4.78 is 11.4. The van der Waals surface area contributed by atoms with E-state index in [0.717, 1.165) is 16.3 Å². The van der Waals surface area contributed by atoms with Gasteiger partial charge in [-0.3, -0.25) is 9.00 Å². The second kappa shape index (κ2) is 5.73. The number of hydrogen-bond acceptors (Lipinski definition) is 3. The number of nitrogens with zero attached hydrogens (tertiary/aromatic N) is 2. The average molecular weight is 323 g/mol. The van der Waals surface area contributed by atoms with Gasteiger partial charge in [-0.05, 0) is 12.5 Å². The minimum absolute atomic E-state index is 0.0600. The SMILES string of the molecule is Cc1cccc2c(Cl)ncc(C(=O)N3CCS(=O)CC3)c12. The highest BCUT2D eigenvalue weighted by atomic mass is 35.5. The molecule has 0 N–H and O–H groups in total. The molecule has 1 fully saturated rings. The lowest BCUT2D eigenvalue weighted by Gasteiger charge is -2.27. The van der Waals surface area contributed by atoms with Crippen LogP contribution in [0.5, 0.6) is 0 Å². The van der Waals surface area contributed by atoms with Crippen LogP contribution in [0.2, 0.25) is 5.15 Å². The van der Waals surface area contributed by atoms with Crippen LogP contribution >= 0.6 is 11.6 Å². The summed E-state index contributed by atoms with van der Waals surface area (Å²) in [5.74, 6) is 1.03. The summed E-state index contributed by atoms with van der Waals surface area (Å²) in [7, 11) is -0.800. The van der Waals surface area contributed by atoms with Crippen molar-refractivity contribution in [1.82, 2.24) is 9.88 Å². The van der Waals surface area contributed by atoms with Gasteiger partial charge in [0.15, 0.2) is 0 Å². The molecule has 4 nitrogen and oxygen atoms in total. The van der Waals surface area contributed by atoms with Crippen LogP contribution in [0.3, 0.4) is 0 Å². The van der Waals surface area contributed by atoms with Crippen molar-refractivity contribution in [2.75, 3.05) is 24.6 Å². The van der Waals surface area contributed by atoms with Crippen molar-refractivity contribution in [1.29, 1.82) is 0 Å². The van der Waals surface area contributed by atoms with Crippen molar-refractivity contribution in [3.63, 3.8) is 0 Å². The van der Waals surface area contributed by atoms with Gasteiger partial charge in [0, 0.05) is 52.4 Å². The van der Waals surface area contributed by atoms with E-state index in [2.05, 4.69) is 4.98 Å². The van der Waals surface area contributed by atoms with Crippen molar-refractivity contribution in [2.45, 2.75) is 6.92 Å². The van der Waals surface area contributed by atoms with Gasteiger partial charge in [-0.2, -0.15) is 0 Å². The maximum absolute atomic E-state index is 12.7. The van der Waals surface area contributed by atoms with Crippen LogP contribution in [0.4, 0.5) is 0 Å². The summed E-state index contributed by atoms with van der Waals surface area (Å²) in [6, 6.07) is 5.74. The molecule has 1 aliphatic heterocycles. The normalized spacial score (nSPS) is 16.4. The third-order valence-corrected chi connectivity index (χ3v) is 5.34. The van der Waals surface area contributed by atoms with Crippen LogP contribution in [-0.4, -0.2) is 44.6 Å². The van der Waals surface area contributed by atoms with Crippen LogP contribution in [0.1, 0.15) is 15.9 Å². The fraction of sp³-hybridized carbons (Fsp3) is 0.333. The molecule has 1 amide bonds. The number of pyridine rings is 1. The number of rotatable bonds is 1. The third-order valence-electron chi connectivity index (χ3n) is 3.77. The molecular formula is C15H15ClN2O2S. The second-order valence-corrected chi connectivity index (χ2v) is 7.15. The molecule has 0 saturated carbocycles. The van der Waals surface area contributed by atoms with Crippen molar-refractivity contribution in [3.8, 4) is 0 Å². The molecule has 2 aromatic rings. The molecule has 0 radical (unpaired) electrons. The van der Waals surface area contributed by atoms with Crippen molar-refractivity contribution < 1.29 is 9.00 Å². The average Bonchev–Trinajstić information content (AvgIpc) is 2.49. The summed E-state index contributed by atoms with van der Waals surface area (Å²) in [6.07, 6.45) is 1.55. The van der Waals surface area contributed by atoms with Crippen molar-refractivity contribution in [3.05, 3.63) is 40.7 Å². The van der Waals surface area contributed by atoms with Gasteiger partial charge in [0.05, 0.1) is 5.56 Å². The molecule has 3 rings (SSSR count). The van der Waals surface area contributed by atoms with E-state index >= 15 is 0 Å². The molecule has 1 aromatic carbocycles. The number of benzene rings is 1. The molecule has 110 valence electrons. The molecule has 2 heterocycles. The topological polar surface area (TPSA) is 50.3 Å². The first-order valence-electron chi connectivity index (χ1n) is 6.76. The van der Waals surface area contributed by atoms with E-state index in [0.29, 0.717) is 35.3 Å². The number of carbonyl (C=O) groups is 1. The van der Waals surface area contributed by atoms with Gasteiger partial charge in [-0.25, -0.2) is 4.98 Å². The Bertz CT molecular complexity index is 738. The van der Waals surface area contributed by atoms with Gasteiger partial charge < -0.3 is 4.90 Å². The lowest BCUT2D eigenvalue weighted by Crippen LogP contribution is -2.41. The minimum Gasteiger partial charge on any atom is -0.337 e. The summed E-state index contributed by atoms with van der Waals surface area (Å²) in [6.45, 7) is 3.02. The van der Waals surface area contributed by atoms with E-state index in [1.807, 2.05) is 25.1 Å². The first-order chi connectivity index (χ1) is 10.1. The van der Waals surface area contributed by atoms with Crippen molar-refractivity contribution >= 4 is 39.1 Å². The smallest absolute Gasteiger partial charge is 0.256 e. The zero-order valence-electron chi connectivity index (χ0n) is 11.6. The van der Waals surface area contributed by atoms with E-state index < -0.39 is 10.8 Å². The molecule has 6 heteroatoms. The monoisotopic (exact) mass is 322 g/mol. The molecule has 21 heavy (non-hydrogen) atoms. The Morgan fingerprint density at radius 2 is 2.05 bits per heavy atom. The standard InChI is InChI=1S/C15H15ClN2O2S/c1-10-3-2-4-11-13(10)12(9-17-14(11)16)15(19)18-5-7-21(20)8-6-18/h2-4,9H,5-8H2,1H3. The molecular weight excluding hydrogens is 308 g/mol. The predicted octanol–water partition coefficient (Wildman–Crippen LogP) is 2.40. The van der Waals surface area contributed by atoms with E-state index in [1.165, 1.54) is 0 Å².